The normalized spacial score (nSPS) is 30.1. The lowest BCUT2D eigenvalue weighted by atomic mass is 9.89. The minimum Gasteiger partial charge on any atom is -0.366 e. The van der Waals surface area contributed by atoms with Crippen molar-refractivity contribution in [1.82, 2.24) is 5.32 Å². The van der Waals surface area contributed by atoms with Crippen molar-refractivity contribution in [3.05, 3.63) is 29.3 Å². The lowest BCUT2D eigenvalue weighted by molar-refractivity contribution is 0.375. The molecule has 2 atom stereocenters. The van der Waals surface area contributed by atoms with Crippen molar-refractivity contribution in [1.29, 1.82) is 0 Å². The molecular formula is C18H26N2. The SMILES string of the molecule is CC1CNC(C2CC2)CN1c1cccc2c1CCCC2. The summed E-state index contributed by atoms with van der Waals surface area (Å²) >= 11 is 0. The molecule has 0 amide bonds. The molecule has 1 aromatic carbocycles. The Hall–Kier alpha value is -1.02. The molecule has 2 nitrogen and oxygen atoms in total. The van der Waals surface area contributed by atoms with Crippen LogP contribution in [0, 0.1) is 5.92 Å². The molecule has 2 fully saturated rings. The second-order valence-corrected chi connectivity index (χ2v) is 6.98. The van der Waals surface area contributed by atoms with E-state index in [4.69, 9.17) is 0 Å². The summed E-state index contributed by atoms with van der Waals surface area (Å²) in [7, 11) is 0. The van der Waals surface area contributed by atoms with Crippen LogP contribution in [0.4, 0.5) is 5.69 Å². The van der Waals surface area contributed by atoms with E-state index in [-0.39, 0.29) is 0 Å². The molecule has 3 aliphatic rings. The van der Waals surface area contributed by atoms with Gasteiger partial charge in [0.05, 0.1) is 0 Å². The highest BCUT2D eigenvalue weighted by Crippen LogP contribution is 2.37. The van der Waals surface area contributed by atoms with Gasteiger partial charge in [0.1, 0.15) is 0 Å². The van der Waals surface area contributed by atoms with E-state index in [1.54, 1.807) is 16.8 Å². The van der Waals surface area contributed by atoms with Crippen LogP contribution in [-0.4, -0.2) is 25.2 Å². The summed E-state index contributed by atoms with van der Waals surface area (Å²) in [6, 6.07) is 8.35. The maximum atomic E-state index is 3.77. The van der Waals surface area contributed by atoms with Gasteiger partial charge in [-0.1, -0.05) is 12.1 Å². The fourth-order valence-electron chi connectivity index (χ4n) is 4.07. The van der Waals surface area contributed by atoms with Crippen LogP contribution in [0.3, 0.4) is 0 Å². The highest BCUT2D eigenvalue weighted by Gasteiger charge is 2.36. The zero-order valence-electron chi connectivity index (χ0n) is 12.6. The van der Waals surface area contributed by atoms with Crippen LogP contribution in [0.2, 0.25) is 0 Å². The molecule has 1 heterocycles. The first kappa shape index (κ1) is 12.7. The van der Waals surface area contributed by atoms with Crippen LogP contribution >= 0.6 is 0 Å². The van der Waals surface area contributed by atoms with Gasteiger partial charge in [-0.15, -0.1) is 0 Å². The molecule has 108 valence electrons. The third kappa shape index (κ3) is 2.24. The number of anilines is 1. The number of piperazine rings is 1. The first-order valence-electron chi connectivity index (χ1n) is 8.44. The Morgan fingerprint density at radius 2 is 2.00 bits per heavy atom. The summed E-state index contributed by atoms with van der Waals surface area (Å²) in [5.41, 5.74) is 4.81. The van der Waals surface area contributed by atoms with Crippen molar-refractivity contribution in [3.8, 4) is 0 Å². The van der Waals surface area contributed by atoms with E-state index < -0.39 is 0 Å². The van der Waals surface area contributed by atoms with Crippen LogP contribution in [0.1, 0.15) is 43.7 Å². The number of hydrogen-bond donors (Lipinski definition) is 1. The van der Waals surface area contributed by atoms with Gasteiger partial charge < -0.3 is 10.2 Å². The number of benzene rings is 1. The number of nitrogens with one attached hydrogen (secondary N) is 1. The van der Waals surface area contributed by atoms with E-state index in [2.05, 4.69) is 35.3 Å². The standard InChI is InChI=1S/C18H26N2/c1-13-11-19-17(15-9-10-15)12-20(13)18-8-4-6-14-5-2-3-7-16(14)18/h4,6,8,13,15,17,19H,2-3,5,7,9-12H2,1H3. The summed E-state index contributed by atoms with van der Waals surface area (Å²) in [6.45, 7) is 4.73. The van der Waals surface area contributed by atoms with E-state index in [0.717, 1.165) is 18.5 Å². The Morgan fingerprint density at radius 1 is 1.15 bits per heavy atom. The fourth-order valence-corrected chi connectivity index (χ4v) is 4.07. The van der Waals surface area contributed by atoms with Gasteiger partial charge >= 0.3 is 0 Å². The molecule has 4 rings (SSSR count). The Morgan fingerprint density at radius 3 is 2.85 bits per heavy atom. The highest BCUT2D eigenvalue weighted by molar-refractivity contribution is 5.59. The number of fused-ring (bicyclic) bond motifs is 1. The molecule has 1 saturated carbocycles. The fraction of sp³-hybridized carbons (Fsp3) is 0.667. The molecule has 1 aromatic rings. The third-order valence-electron chi connectivity index (χ3n) is 5.47. The van der Waals surface area contributed by atoms with Crippen LogP contribution < -0.4 is 10.2 Å². The molecule has 0 aromatic heterocycles. The van der Waals surface area contributed by atoms with Crippen LogP contribution in [0.5, 0.6) is 0 Å². The summed E-state index contributed by atoms with van der Waals surface area (Å²) in [6.07, 6.45) is 8.19. The van der Waals surface area contributed by atoms with Gasteiger partial charge in [0.15, 0.2) is 0 Å². The van der Waals surface area contributed by atoms with Gasteiger partial charge in [-0.05, 0) is 68.6 Å². The minimum absolute atomic E-state index is 0.624. The largest absolute Gasteiger partial charge is 0.366 e. The second-order valence-electron chi connectivity index (χ2n) is 6.98. The highest BCUT2D eigenvalue weighted by atomic mass is 15.2. The molecule has 0 bridgehead atoms. The van der Waals surface area contributed by atoms with Crippen molar-refractivity contribution >= 4 is 5.69 Å². The number of rotatable bonds is 2. The molecule has 2 unspecified atom stereocenters. The van der Waals surface area contributed by atoms with Gasteiger partial charge in [0.2, 0.25) is 0 Å². The van der Waals surface area contributed by atoms with Gasteiger partial charge in [-0.2, -0.15) is 0 Å². The van der Waals surface area contributed by atoms with Crippen LogP contribution in [0.15, 0.2) is 18.2 Å². The van der Waals surface area contributed by atoms with Crippen molar-refractivity contribution in [2.45, 2.75) is 57.5 Å². The van der Waals surface area contributed by atoms with E-state index in [1.807, 2.05) is 0 Å². The van der Waals surface area contributed by atoms with Crippen molar-refractivity contribution in [2.75, 3.05) is 18.0 Å². The summed E-state index contributed by atoms with van der Waals surface area (Å²) in [5.74, 6) is 0.949. The zero-order valence-corrected chi connectivity index (χ0v) is 12.6. The number of hydrogen-bond acceptors (Lipinski definition) is 2. The van der Waals surface area contributed by atoms with Gasteiger partial charge in [0.25, 0.3) is 0 Å². The lowest BCUT2D eigenvalue weighted by Crippen LogP contribution is -2.56. The van der Waals surface area contributed by atoms with Gasteiger partial charge in [0, 0.05) is 30.9 Å². The first-order chi connectivity index (χ1) is 9.83. The predicted molar refractivity (Wildman–Crippen MR) is 84.4 cm³/mol. The first-order valence-corrected chi connectivity index (χ1v) is 8.44. The molecule has 2 heteroatoms. The summed E-state index contributed by atoms with van der Waals surface area (Å²) < 4.78 is 0. The van der Waals surface area contributed by atoms with E-state index >= 15 is 0 Å². The molecule has 1 saturated heterocycles. The smallest absolute Gasteiger partial charge is 0.0404 e. The minimum atomic E-state index is 0.624. The molecule has 20 heavy (non-hydrogen) atoms. The topological polar surface area (TPSA) is 15.3 Å². The Bertz CT molecular complexity index is 492. The van der Waals surface area contributed by atoms with Gasteiger partial charge in [-0.25, -0.2) is 0 Å². The Balaban J connectivity index is 1.64. The quantitative estimate of drug-likeness (QED) is 0.888. The van der Waals surface area contributed by atoms with Crippen molar-refractivity contribution in [2.24, 2.45) is 5.92 Å². The summed E-state index contributed by atoms with van der Waals surface area (Å²) in [5, 5.41) is 3.77. The molecule has 2 aliphatic carbocycles. The maximum Gasteiger partial charge on any atom is 0.0404 e. The molecule has 0 spiro atoms. The Labute approximate surface area is 122 Å². The van der Waals surface area contributed by atoms with Gasteiger partial charge in [-0.3, -0.25) is 0 Å². The van der Waals surface area contributed by atoms with Crippen molar-refractivity contribution < 1.29 is 0 Å². The van der Waals surface area contributed by atoms with E-state index in [0.29, 0.717) is 6.04 Å². The monoisotopic (exact) mass is 270 g/mol. The average Bonchev–Trinajstić information content (AvgIpc) is 3.32. The summed E-state index contributed by atoms with van der Waals surface area (Å²) in [4.78, 5) is 2.70. The predicted octanol–water partition coefficient (Wildman–Crippen LogP) is 3.14. The van der Waals surface area contributed by atoms with Crippen molar-refractivity contribution in [3.63, 3.8) is 0 Å². The maximum absolute atomic E-state index is 3.77. The van der Waals surface area contributed by atoms with Crippen LogP contribution in [-0.2, 0) is 12.8 Å². The van der Waals surface area contributed by atoms with E-state index in [1.165, 1.54) is 45.1 Å². The van der Waals surface area contributed by atoms with E-state index in [9.17, 15) is 0 Å². The Kier molecular flexibility index (Phi) is 3.22. The number of aryl methyl sites for hydroxylation is 1. The van der Waals surface area contributed by atoms with Crippen LogP contribution in [0.25, 0.3) is 0 Å². The molecule has 1 N–H and O–H groups in total. The zero-order chi connectivity index (χ0) is 13.5. The lowest BCUT2D eigenvalue weighted by Gasteiger charge is -2.42. The molecular weight excluding hydrogens is 244 g/mol. The number of nitrogens with zero attached hydrogens (tertiary/aromatic N) is 1. The molecule has 1 aliphatic heterocycles. The third-order valence-corrected chi connectivity index (χ3v) is 5.47. The molecule has 0 radical (unpaired) electrons. The second kappa shape index (κ2) is 5.07. The average molecular weight is 270 g/mol.